The van der Waals surface area contributed by atoms with Gasteiger partial charge < -0.3 is 9.64 Å². The van der Waals surface area contributed by atoms with Gasteiger partial charge in [-0.15, -0.1) is 0 Å². The highest BCUT2D eigenvalue weighted by molar-refractivity contribution is 6.04. The van der Waals surface area contributed by atoms with E-state index in [4.69, 9.17) is 4.74 Å². The minimum absolute atomic E-state index is 0.109. The molecule has 3 amide bonds. The second-order valence-electron chi connectivity index (χ2n) is 6.66. The molecule has 0 aliphatic carbocycles. The van der Waals surface area contributed by atoms with E-state index in [1.807, 2.05) is 6.07 Å². The molecule has 0 bridgehead atoms. The van der Waals surface area contributed by atoms with Crippen LogP contribution in [0.2, 0.25) is 0 Å². The predicted octanol–water partition coefficient (Wildman–Crippen LogP) is 1.09. The van der Waals surface area contributed by atoms with E-state index < -0.39 is 0 Å². The first-order valence-corrected chi connectivity index (χ1v) is 8.48. The van der Waals surface area contributed by atoms with Crippen molar-refractivity contribution in [2.24, 2.45) is 0 Å². The molecule has 0 aromatic heterocycles. The van der Waals surface area contributed by atoms with Crippen LogP contribution in [0.15, 0.2) is 18.2 Å². The van der Waals surface area contributed by atoms with Gasteiger partial charge in [0, 0.05) is 38.3 Å². The summed E-state index contributed by atoms with van der Waals surface area (Å²) in [6, 6.07) is 6.29. The van der Waals surface area contributed by atoms with Crippen molar-refractivity contribution in [1.29, 1.82) is 0 Å². The normalized spacial score (nSPS) is 22.9. The highest BCUT2D eigenvalue weighted by Gasteiger charge is 2.34. The lowest BCUT2D eigenvalue weighted by atomic mass is 9.96. The Kier molecular flexibility index (Phi) is 3.75. The molecule has 3 aliphatic heterocycles. The molecule has 3 aliphatic rings. The third-order valence-corrected chi connectivity index (χ3v) is 5.17. The summed E-state index contributed by atoms with van der Waals surface area (Å²) in [5.41, 5.74) is 2.48. The van der Waals surface area contributed by atoms with Crippen LogP contribution >= 0.6 is 0 Å². The number of carbonyl (C=O) groups is 3. The summed E-state index contributed by atoms with van der Waals surface area (Å²) in [6.07, 6.45) is 2.31. The van der Waals surface area contributed by atoms with Crippen molar-refractivity contribution in [3.63, 3.8) is 0 Å². The quantitative estimate of drug-likeness (QED) is 0.779. The Bertz CT molecular complexity index is 699. The maximum absolute atomic E-state index is 12.4. The second-order valence-corrected chi connectivity index (χ2v) is 6.66. The second kappa shape index (κ2) is 5.92. The van der Waals surface area contributed by atoms with Crippen LogP contribution < -0.4 is 4.74 Å². The zero-order valence-corrected chi connectivity index (χ0v) is 13.5. The van der Waals surface area contributed by atoms with E-state index in [0.29, 0.717) is 19.0 Å². The topological polar surface area (TPSA) is 66.9 Å². The van der Waals surface area contributed by atoms with Crippen molar-refractivity contribution in [3.8, 4) is 5.75 Å². The van der Waals surface area contributed by atoms with Gasteiger partial charge >= 0.3 is 0 Å². The number of carbonyl (C=O) groups excluding carboxylic acids is 3. The van der Waals surface area contributed by atoms with E-state index in [1.54, 1.807) is 4.90 Å². The fourth-order valence-electron chi connectivity index (χ4n) is 3.75. The number of nitrogens with zero attached hydrogens (tertiary/aromatic N) is 2. The van der Waals surface area contributed by atoms with Gasteiger partial charge in [0.25, 0.3) is 0 Å². The van der Waals surface area contributed by atoms with Crippen LogP contribution in [0.25, 0.3) is 0 Å². The van der Waals surface area contributed by atoms with Gasteiger partial charge in [-0.25, -0.2) is 0 Å². The number of likely N-dealkylation sites (tertiary alicyclic amines) is 2. The molecule has 1 aromatic carbocycles. The molecule has 126 valence electrons. The fraction of sp³-hybridized carbons (Fsp3) is 0.500. The van der Waals surface area contributed by atoms with Crippen molar-refractivity contribution in [2.75, 3.05) is 26.2 Å². The standard InChI is InChI=1S/C18H20N2O4/c21-16-3-4-17(22)20(16)11-18(23)19-7-5-14(10-19)12-1-2-15-13(9-12)6-8-24-15/h1-2,9,14H,3-8,10-11H2/t14-/m1/s1. The Labute approximate surface area is 140 Å². The Morgan fingerprint density at radius 1 is 1.17 bits per heavy atom. The van der Waals surface area contributed by atoms with Gasteiger partial charge in [-0.2, -0.15) is 0 Å². The van der Waals surface area contributed by atoms with Gasteiger partial charge in [-0.05, 0) is 23.6 Å². The number of hydrogen-bond donors (Lipinski definition) is 0. The summed E-state index contributed by atoms with van der Waals surface area (Å²) < 4.78 is 5.54. The highest BCUT2D eigenvalue weighted by atomic mass is 16.5. The largest absolute Gasteiger partial charge is 0.493 e. The van der Waals surface area contributed by atoms with Crippen LogP contribution in [-0.2, 0) is 20.8 Å². The third kappa shape index (κ3) is 2.66. The Morgan fingerprint density at radius 3 is 2.75 bits per heavy atom. The zero-order chi connectivity index (χ0) is 16.7. The SMILES string of the molecule is O=C(CN1C(=O)CCC1=O)N1CC[C@@H](c2ccc3c(c2)CCO3)C1. The maximum Gasteiger partial charge on any atom is 0.242 e. The maximum atomic E-state index is 12.4. The van der Waals surface area contributed by atoms with Crippen LogP contribution in [0.1, 0.15) is 36.3 Å². The van der Waals surface area contributed by atoms with Gasteiger partial charge in [-0.1, -0.05) is 12.1 Å². The first-order valence-electron chi connectivity index (χ1n) is 8.48. The summed E-state index contributed by atoms with van der Waals surface area (Å²) in [5.74, 6) is 0.677. The van der Waals surface area contributed by atoms with Crippen LogP contribution in [0.5, 0.6) is 5.75 Å². The molecule has 2 saturated heterocycles. The van der Waals surface area contributed by atoms with E-state index in [-0.39, 0.29) is 37.1 Å². The van der Waals surface area contributed by atoms with Crippen LogP contribution in [-0.4, -0.2) is 53.8 Å². The lowest BCUT2D eigenvalue weighted by Crippen LogP contribution is -2.41. The Hall–Kier alpha value is -2.37. The molecule has 0 spiro atoms. The monoisotopic (exact) mass is 328 g/mol. The van der Waals surface area contributed by atoms with Crippen LogP contribution in [0.4, 0.5) is 0 Å². The smallest absolute Gasteiger partial charge is 0.242 e. The molecule has 2 fully saturated rings. The molecule has 0 radical (unpaired) electrons. The van der Waals surface area contributed by atoms with Crippen LogP contribution in [0.3, 0.4) is 0 Å². The first kappa shape index (κ1) is 15.2. The summed E-state index contributed by atoms with van der Waals surface area (Å²) >= 11 is 0. The number of benzene rings is 1. The molecule has 6 nitrogen and oxygen atoms in total. The minimum Gasteiger partial charge on any atom is -0.493 e. The Morgan fingerprint density at radius 2 is 1.96 bits per heavy atom. The molecule has 3 heterocycles. The molecular formula is C18H20N2O4. The molecule has 0 saturated carbocycles. The summed E-state index contributed by atoms with van der Waals surface area (Å²) in [7, 11) is 0. The van der Waals surface area contributed by atoms with Crippen molar-refractivity contribution in [3.05, 3.63) is 29.3 Å². The van der Waals surface area contributed by atoms with Crippen molar-refractivity contribution >= 4 is 17.7 Å². The van der Waals surface area contributed by atoms with E-state index in [2.05, 4.69) is 12.1 Å². The molecule has 6 heteroatoms. The average Bonchev–Trinajstić information content (AvgIpc) is 3.29. The number of amides is 3. The molecule has 0 N–H and O–H groups in total. The van der Waals surface area contributed by atoms with Gasteiger partial charge in [0.05, 0.1) is 6.61 Å². The third-order valence-electron chi connectivity index (χ3n) is 5.17. The summed E-state index contributed by atoms with van der Waals surface area (Å²) in [5, 5.41) is 0. The van der Waals surface area contributed by atoms with Gasteiger partial charge in [0.2, 0.25) is 17.7 Å². The van der Waals surface area contributed by atoms with Crippen molar-refractivity contribution in [2.45, 2.75) is 31.6 Å². The molecule has 1 aromatic rings. The first-order chi connectivity index (χ1) is 11.6. The predicted molar refractivity (Wildman–Crippen MR) is 85.5 cm³/mol. The Balaban J connectivity index is 1.40. The lowest BCUT2D eigenvalue weighted by molar-refractivity contribution is -0.145. The minimum atomic E-state index is -0.234. The fourth-order valence-corrected chi connectivity index (χ4v) is 3.75. The molecule has 24 heavy (non-hydrogen) atoms. The number of imide groups is 1. The number of rotatable bonds is 3. The molecule has 1 atom stereocenters. The zero-order valence-electron chi connectivity index (χ0n) is 13.5. The number of ether oxygens (including phenoxy) is 1. The van der Waals surface area contributed by atoms with E-state index in [9.17, 15) is 14.4 Å². The number of hydrogen-bond acceptors (Lipinski definition) is 4. The highest BCUT2D eigenvalue weighted by Crippen LogP contribution is 2.33. The van der Waals surface area contributed by atoms with Gasteiger partial charge in [0.1, 0.15) is 12.3 Å². The van der Waals surface area contributed by atoms with Crippen LogP contribution in [0, 0.1) is 0 Å². The number of fused-ring (bicyclic) bond motifs is 1. The molecule has 0 unspecified atom stereocenters. The summed E-state index contributed by atoms with van der Waals surface area (Å²) in [6.45, 7) is 1.95. The average molecular weight is 328 g/mol. The van der Waals surface area contributed by atoms with E-state index in [1.165, 1.54) is 11.1 Å². The van der Waals surface area contributed by atoms with E-state index >= 15 is 0 Å². The summed E-state index contributed by atoms with van der Waals surface area (Å²) in [4.78, 5) is 38.6. The molecule has 4 rings (SSSR count). The van der Waals surface area contributed by atoms with E-state index in [0.717, 1.165) is 30.1 Å². The van der Waals surface area contributed by atoms with Crippen molar-refractivity contribution in [1.82, 2.24) is 9.80 Å². The lowest BCUT2D eigenvalue weighted by Gasteiger charge is -2.20. The molecular weight excluding hydrogens is 308 g/mol. The van der Waals surface area contributed by atoms with Crippen molar-refractivity contribution < 1.29 is 19.1 Å². The van der Waals surface area contributed by atoms with Gasteiger partial charge in [-0.3, -0.25) is 19.3 Å². The van der Waals surface area contributed by atoms with Gasteiger partial charge in [0.15, 0.2) is 0 Å².